The fourth-order valence-corrected chi connectivity index (χ4v) is 4.08. The van der Waals surface area contributed by atoms with Gasteiger partial charge in [-0.25, -0.2) is 9.28 Å². The minimum absolute atomic E-state index is 0.0699. The predicted octanol–water partition coefficient (Wildman–Crippen LogP) is 5.83. The summed E-state index contributed by atoms with van der Waals surface area (Å²) in [4.78, 5) is 28.0. The van der Waals surface area contributed by atoms with E-state index in [-0.39, 0.29) is 10.6 Å². The average molecular weight is 500 g/mol. The lowest BCUT2D eigenvalue weighted by atomic mass is 10.1. The lowest BCUT2D eigenvalue weighted by Gasteiger charge is -2.35. The zero-order valence-corrected chi connectivity index (χ0v) is 22.2. The van der Waals surface area contributed by atoms with Crippen LogP contribution in [0.2, 0.25) is 0 Å². The third kappa shape index (κ3) is 7.26. The molecule has 1 atom stereocenters. The SMILES string of the molecule is CSc1ccc(OCC[N+]2(C(=O)OC(C)(C)C)CC=Cc3cc(OC(=O)N(C)C)ccc3C2)cc1. The summed E-state index contributed by atoms with van der Waals surface area (Å²) in [6.07, 6.45) is 5.24. The van der Waals surface area contributed by atoms with Crippen molar-refractivity contribution >= 4 is 30.0 Å². The molecule has 2 aromatic carbocycles. The number of hydrogen-bond donors (Lipinski definition) is 0. The minimum atomic E-state index is -0.611. The third-order valence-electron chi connectivity index (χ3n) is 5.54. The van der Waals surface area contributed by atoms with Gasteiger partial charge in [0.05, 0.1) is 0 Å². The van der Waals surface area contributed by atoms with Gasteiger partial charge < -0.3 is 19.1 Å². The molecule has 0 saturated heterocycles. The number of fused-ring (bicyclic) bond motifs is 1. The normalized spacial score (nSPS) is 17.2. The molecule has 3 rings (SSSR count). The van der Waals surface area contributed by atoms with Crippen LogP contribution in [0.15, 0.2) is 53.4 Å². The number of amides is 2. The Morgan fingerprint density at radius 2 is 1.74 bits per heavy atom. The van der Waals surface area contributed by atoms with Crippen LogP contribution in [0, 0.1) is 0 Å². The quantitative estimate of drug-likeness (QED) is 0.368. The summed E-state index contributed by atoms with van der Waals surface area (Å²) >= 11 is 1.68. The maximum Gasteiger partial charge on any atom is 0.517 e. The van der Waals surface area contributed by atoms with Crippen molar-refractivity contribution in [2.75, 3.05) is 40.0 Å². The van der Waals surface area contributed by atoms with Gasteiger partial charge in [0, 0.05) is 24.6 Å². The molecular formula is C27H35N2O5S+. The lowest BCUT2D eigenvalue weighted by molar-refractivity contribution is -0.866. The van der Waals surface area contributed by atoms with Gasteiger partial charge in [0.15, 0.2) is 0 Å². The highest BCUT2D eigenvalue weighted by Crippen LogP contribution is 2.29. The van der Waals surface area contributed by atoms with Gasteiger partial charge in [0.25, 0.3) is 0 Å². The topological polar surface area (TPSA) is 65.1 Å². The van der Waals surface area contributed by atoms with E-state index in [2.05, 4.69) is 0 Å². The maximum atomic E-state index is 13.5. The first-order valence-corrected chi connectivity index (χ1v) is 12.8. The average Bonchev–Trinajstić information content (AvgIpc) is 2.98. The van der Waals surface area contributed by atoms with Crippen molar-refractivity contribution in [3.05, 3.63) is 59.7 Å². The number of quaternary nitrogens is 1. The van der Waals surface area contributed by atoms with Crippen LogP contribution in [0.1, 0.15) is 31.9 Å². The second kappa shape index (κ2) is 11.2. The van der Waals surface area contributed by atoms with Gasteiger partial charge in [-0.3, -0.25) is 0 Å². The van der Waals surface area contributed by atoms with Gasteiger partial charge in [-0.1, -0.05) is 6.08 Å². The van der Waals surface area contributed by atoms with Gasteiger partial charge in [0.1, 0.15) is 43.3 Å². The molecule has 1 aliphatic heterocycles. The van der Waals surface area contributed by atoms with E-state index in [1.807, 2.05) is 75.6 Å². The lowest BCUT2D eigenvalue weighted by Crippen LogP contribution is -2.55. The summed E-state index contributed by atoms with van der Waals surface area (Å²) in [5.41, 5.74) is 1.27. The number of ether oxygens (including phenoxy) is 3. The standard InChI is InChI=1S/C27H35N2O5S/c1-27(2,3)34-26(31)29(16-17-32-22-11-13-24(35-6)14-12-22)15-7-8-20-18-23(10-9-21(20)19-29)33-25(30)28(4)5/h7-14,18H,15-17,19H2,1-6H3/q+1. The van der Waals surface area contributed by atoms with Crippen molar-refractivity contribution in [3.8, 4) is 11.5 Å². The highest BCUT2D eigenvalue weighted by atomic mass is 32.2. The molecule has 1 unspecified atom stereocenters. The molecule has 35 heavy (non-hydrogen) atoms. The molecule has 2 aromatic rings. The Labute approximate surface area is 212 Å². The number of rotatable bonds is 6. The summed E-state index contributed by atoms with van der Waals surface area (Å²) < 4.78 is 17.3. The molecule has 1 aliphatic rings. The van der Waals surface area contributed by atoms with Crippen LogP contribution in [0.3, 0.4) is 0 Å². The van der Waals surface area contributed by atoms with Gasteiger partial charge in [-0.05, 0) is 81.1 Å². The molecular weight excluding hydrogens is 464 g/mol. The monoisotopic (exact) mass is 499 g/mol. The first kappa shape index (κ1) is 26.6. The zero-order chi connectivity index (χ0) is 25.6. The van der Waals surface area contributed by atoms with Crippen molar-refractivity contribution in [2.45, 2.75) is 37.8 Å². The zero-order valence-electron chi connectivity index (χ0n) is 21.4. The molecule has 0 N–H and O–H groups in total. The van der Waals surface area contributed by atoms with E-state index in [1.54, 1.807) is 31.9 Å². The van der Waals surface area contributed by atoms with Gasteiger partial charge in [0.2, 0.25) is 0 Å². The molecule has 0 bridgehead atoms. The summed E-state index contributed by atoms with van der Waals surface area (Å²) in [7, 11) is 3.27. The van der Waals surface area contributed by atoms with E-state index in [0.717, 1.165) is 16.9 Å². The number of benzene rings is 2. The van der Waals surface area contributed by atoms with E-state index in [1.165, 1.54) is 9.80 Å². The fourth-order valence-electron chi connectivity index (χ4n) is 3.67. The summed E-state index contributed by atoms with van der Waals surface area (Å²) in [6.45, 7) is 7.33. The van der Waals surface area contributed by atoms with E-state index < -0.39 is 11.7 Å². The van der Waals surface area contributed by atoms with E-state index >= 15 is 0 Å². The molecule has 188 valence electrons. The molecule has 0 aromatic heterocycles. The molecule has 8 heteroatoms. The molecule has 0 aliphatic carbocycles. The van der Waals surface area contributed by atoms with Crippen molar-refractivity contribution < 1.29 is 28.3 Å². The van der Waals surface area contributed by atoms with Crippen molar-refractivity contribution in [3.63, 3.8) is 0 Å². The maximum absolute atomic E-state index is 13.5. The Morgan fingerprint density at radius 3 is 2.37 bits per heavy atom. The van der Waals surface area contributed by atoms with Crippen LogP contribution in [0.4, 0.5) is 9.59 Å². The van der Waals surface area contributed by atoms with Gasteiger partial charge in [-0.2, -0.15) is 4.79 Å². The molecule has 0 fully saturated rings. The first-order valence-electron chi connectivity index (χ1n) is 11.6. The second-order valence-electron chi connectivity index (χ2n) is 9.74. The third-order valence-corrected chi connectivity index (χ3v) is 6.28. The van der Waals surface area contributed by atoms with Gasteiger partial charge >= 0.3 is 12.2 Å². The summed E-state index contributed by atoms with van der Waals surface area (Å²) in [6, 6.07) is 13.4. The second-order valence-corrected chi connectivity index (χ2v) is 10.6. The molecule has 2 amide bonds. The molecule has 0 saturated carbocycles. The number of carbonyl (C=O) groups is 2. The largest absolute Gasteiger partial charge is 0.517 e. The van der Waals surface area contributed by atoms with Crippen LogP contribution in [0.25, 0.3) is 6.08 Å². The molecule has 1 heterocycles. The number of carbonyl (C=O) groups excluding carboxylic acids is 2. The number of nitrogens with zero attached hydrogens (tertiary/aromatic N) is 2. The van der Waals surface area contributed by atoms with Gasteiger partial charge in [-0.15, -0.1) is 11.8 Å². The summed E-state index contributed by atoms with van der Waals surface area (Å²) in [5, 5.41) is 0. The van der Waals surface area contributed by atoms with Crippen LogP contribution in [-0.2, 0) is 11.3 Å². The van der Waals surface area contributed by atoms with Crippen LogP contribution < -0.4 is 9.47 Å². The van der Waals surface area contributed by atoms with Crippen LogP contribution in [0.5, 0.6) is 11.5 Å². The van der Waals surface area contributed by atoms with Crippen molar-refractivity contribution in [2.24, 2.45) is 0 Å². The van der Waals surface area contributed by atoms with Crippen LogP contribution >= 0.6 is 11.8 Å². The van der Waals surface area contributed by atoms with E-state index in [4.69, 9.17) is 14.2 Å². The molecule has 7 nitrogen and oxygen atoms in total. The van der Waals surface area contributed by atoms with Crippen LogP contribution in [-0.4, -0.2) is 67.2 Å². The first-order chi connectivity index (χ1) is 16.5. The Kier molecular flexibility index (Phi) is 8.51. The fraction of sp³-hybridized carbons (Fsp3) is 0.407. The molecule has 0 radical (unpaired) electrons. The van der Waals surface area contributed by atoms with Crippen molar-refractivity contribution in [1.82, 2.24) is 4.90 Å². The summed E-state index contributed by atoms with van der Waals surface area (Å²) in [5.74, 6) is 1.23. The van der Waals surface area contributed by atoms with E-state index in [9.17, 15) is 9.59 Å². The smallest absolute Gasteiger partial charge is 0.488 e. The van der Waals surface area contributed by atoms with Crippen molar-refractivity contribution in [1.29, 1.82) is 0 Å². The Morgan fingerprint density at radius 1 is 1.06 bits per heavy atom. The Bertz CT molecular complexity index is 1080. The van der Waals surface area contributed by atoms with E-state index in [0.29, 0.717) is 32.0 Å². The Hall–Kier alpha value is -2.97. The highest BCUT2D eigenvalue weighted by molar-refractivity contribution is 7.98. The highest BCUT2D eigenvalue weighted by Gasteiger charge is 2.41. The number of hydrogen-bond acceptors (Lipinski definition) is 6. The Balaban J connectivity index is 1.82. The molecule has 0 spiro atoms. The minimum Gasteiger partial charge on any atom is -0.488 e. The number of thioether (sulfide) groups is 1. The predicted molar refractivity (Wildman–Crippen MR) is 139 cm³/mol.